The lowest BCUT2D eigenvalue weighted by atomic mass is 10.1. The standard InChI is InChI=1S/C26H30N4O5S2/c1-5-6-7-17-8-11-19(12-9-17)27-23(32)16-36-26-30-29-25(37-26)28-22(31)13-10-18-14-20(33-2)24(35-4)21(15-18)34-3/h8-15H,5-7,16H2,1-4H3,(H,27,32)(H,28,29,31)/b13-10+. The first kappa shape index (κ1) is 28.0. The lowest BCUT2D eigenvalue weighted by Crippen LogP contribution is -2.13. The molecule has 196 valence electrons. The van der Waals surface area contributed by atoms with Crippen LogP contribution in [0.25, 0.3) is 6.08 Å². The van der Waals surface area contributed by atoms with Crippen molar-refractivity contribution in [3.05, 3.63) is 53.6 Å². The average molecular weight is 543 g/mol. The number of carbonyl (C=O) groups is 2. The molecule has 37 heavy (non-hydrogen) atoms. The van der Waals surface area contributed by atoms with Crippen LogP contribution in [0.1, 0.15) is 30.9 Å². The summed E-state index contributed by atoms with van der Waals surface area (Å²) in [5, 5.41) is 13.9. The van der Waals surface area contributed by atoms with Gasteiger partial charge >= 0.3 is 0 Å². The van der Waals surface area contributed by atoms with Gasteiger partial charge in [0.2, 0.25) is 22.7 Å². The maximum atomic E-state index is 12.4. The van der Waals surface area contributed by atoms with Gasteiger partial charge in [0.05, 0.1) is 27.1 Å². The molecular formula is C26H30N4O5S2. The number of nitrogens with one attached hydrogen (secondary N) is 2. The predicted octanol–water partition coefficient (Wildman–Crippen LogP) is 5.29. The van der Waals surface area contributed by atoms with Gasteiger partial charge < -0.3 is 19.5 Å². The molecule has 0 atom stereocenters. The molecule has 1 heterocycles. The van der Waals surface area contributed by atoms with E-state index in [1.807, 2.05) is 24.3 Å². The van der Waals surface area contributed by atoms with Crippen molar-refractivity contribution < 1.29 is 23.8 Å². The number of amides is 2. The van der Waals surface area contributed by atoms with Crippen molar-refractivity contribution >= 4 is 51.8 Å². The summed E-state index contributed by atoms with van der Waals surface area (Å²) in [4.78, 5) is 24.7. The van der Waals surface area contributed by atoms with Gasteiger partial charge in [-0.3, -0.25) is 14.9 Å². The molecular weight excluding hydrogens is 512 g/mol. The van der Waals surface area contributed by atoms with Crippen LogP contribution < -0.4 is 24.8 Å². The first-order valence-corrected chi connectivity index (χ1v) is 13.4. The van der Waals surface area contributed by atoms with Gasteiger partial charge in [-0.25, -0.2) is 0 Å². The zero-order valence-electron chi connectivity index (χ0n) is 21.2. The van der Waals surface area contributed by atoms with Crippen LogP contribution in [0.2, 0.25) is 0 Å². The fourth-order valence-electron chi connectivity index (χ4n) is 3.30. The maximum absolute atomic E-state index is 12.4. The third kappa shape index (κ3) is 8.50. The van der Waals surface area contributed by atoms with Crippen molar-refractivity contribution in [2.24, 2.45) is 0 Å². The molecule has 2 aromatic carbocycles. The molecule has 1 aromatic heterocycles. The Balaban J connectivity index is 1.49. The number of nitrogens with zero attached hydrogens (tertiary/aromatic N) is 2. The van der Waals surface area contributed by atoms with Crippen LogP contribution in [0, 0.1) is 0 Å². The highest BCUT2D eigenvalue weighted by atomic mass is 32.2. The van der Waals surface area contributed by atoms with Gasteiger partial charge in [-0.05, 0) is 54.3 Å². The number of benzene rings is 2. The van der Waals surface area contributed by atoms with E-state index < -0.39 is 0 Å². The molecule has 0 aliphatic heterocycles. The molecule has 0 spiro atoms. The van der Waals surface area contributed by atoms with E-state index in [9.17, 15) is 9.59 Å². The smallest absolute Gasteiger partial charge is 0.250 e. The second-order valence-electron chi connectivity index (χ2n) is 7.79. The van der Waals surface area contributed by atoms with Gasteiger partial charge in [0, 0.05) is 11.8 Å². The van der Waals surface area contributed by atoms with Crippen LogP contribution in [0.15, 0.2) is 46.8 Å². The molecule has 0 saturated carbocycles. The summed E-state index contributed by atoms with van der Waals surface area (Å²) in [5.41, 5.74) is 2.71. The number of ether oxygens (including phenoxy) is 3. The second-order valence-corrected chi connectivity index (χ2v) is 9.99. The van der Waals surface area contributed by atoms with Gasteiger partial charge in [0.15, 0.2) is 15.8 Å². The Morgan fingerprint density at radius 3 is 2.32 bits per heavy atom. The van der Waals surface area contributed by atoms with Gasteiger partial charge in [-0.2, -0.15) is 0 Å². The number of hydrogen-bond acceptors (Lipinski definition) is 9. The van der Waals surface area contributed by atoms with E-state index in [-0.39, 0.29) is 17.6 Å². The summed E-state index contributed by atoms with van der Waals surface area (Å²) in [7, 11) is 4.58. The minimum absolute atomic E-state index is 0.139. The van der Waals surface area contributed by atoms with E-state index >= 15 is 0 Å². The number of methoxy groups -OCH3 is 3. The summed E-state index contributed by atoms with van der Waals surface area (Å²) in [6.07, 6.45) is 6.33. The van der Waals surface area contributed by atoms with Crippen molar-refractivity contribution in [3.63, 3.8) is 0 Å². The Bertz CT molecular complexity index is 1200. The number of hydrogen-bond donors (Lipinski definition) is 2. The summed E-state index contributed by atoms with van der Waals surface area (Å²) < 4.78 is 16.5. The summed E-state index contributed by atoms with van der Waals surface area (Å²) in [6.45, 7) is 2.16. The highest BCUT2D eigenvalue weighted by molar-refractivity contribution is 8.01. The lowest BCUT2D eigenvalue weighted by molar-refractivity contribution is -0.114. The summed E-state index contributed by atoms with van der Waals surface area (Å²) >= 11 is 2.45. The largest absolute Gasteiger partial charge is 0.493 e. The highest BCUT2D eigenvalue weighted by Gasteiger charge is 2.13. The molecule has 0 saturated heterocycles. The van der Waals surface area contributed by atoms with Crippen molar-refractivity contribution in [2.45, 2.75) is 30.5 Å². The van der Waals surface area contributed by atoms with Crippen LogP contribution in [-0.4, -0.2) is 49.1 Å². The first-order valence-electron chi connectivity index (χ1n) is 11.6. The van der Waals surface area contributed by atoms with E-state index in [2.05, 4.69) is 27.8 Å². The summed E-state index contributed by atoms with van der Waals surface area (Å²) in [5.74, 6) is 1.11. The molecule has 9 nitrogen and oxygen atoms in total. The number of aryl methyl sites for hydroxylation is 1. The SMILES string of the molecule is CCCCc1ccc(NC(=O)CSc2nnc(NC(=O)/C=C/c3cc(OC)c(OC)c(OC)c3)s2)cc1. The third-order valence-electron chi connectivity index (χ3n) is 5.13. The molecule has 11 heteroatoms. The Morgan fingerprint density at radius 2 is 1.70 bits per heavy atom. The fraction of sp³-hybridized carbons (Fsp3) is 0.308. The van der Waals surface area contributed by atoms with Crippen molar-refractivity contribution in [1.29, 1.82) is 0 Å². The molecule has 0 unspecified atom stereocenters. The van der Waals surface area contributed by atoms with Crippen LogP contribution >= 0.6 is 23.1 Å². The average Bonchev–Trinajstić information content (AvgIpc) is 3.36. The Kier molecular flexibility index (Phi) is 10.8. The van der Waals surface area contributed by atoms with E-state index in [1.54, 1.807) is 18.2 Å². The van der Waals surface area contributed by atoms with E-state index in [0.29, 0.717) is 32.3 Å². The van der Waals surface area contributed by atoms with Crippen molar-refractivity contribution in [3.8, 4) is 17.2 Å². The first-order chi connectivity index (χ1) is 17.9. The molecule has 0 aliphatic carbocycles. The zero-order valence-corrected chi connectivity index (χ0v) is 22.8. The van der Waals surface area contributed by atoms with Crippen LogP contribution in [-0.2, 0) is 16.0 Å². The number of carbonyl (C=O) groups excluding carboxylic acids is 2. The minimum Gasteiger partial charge on any atom is -0.493 e. The van der Waals surface area contributed by atoms with E-state index in [1.165, 1.54) is 56.1 Å². The normalized spacial score (nSPS) is 10.8. The number of aromatic nitrogens is 2. The molecule has 3 aromatic rings. The topological polar surface area (TPSA) is 112 Å². The third-order valence-corrected chi connectivity index (χ3v) is 7.11. The quantitative estimate of drug-likeness (QED) is 0.170. The second kappa shape index (κ2) is 14.2. The van der Waals surface area contributed by atoms with Crippen molar-refractivity contribution in [2.75, 3.05) is 37.7 Å². The van der Waals surface area contributed by atoms with E-state index in [0.717, 1.165) is 24.9 Å². The Hall–Kier alpha value is -3.57. The van der Waals surface area contributed by atoms with Crippen LogP contribution in [0.4, 0.5) is 10.8 Å². The van der Waals surface area contributed by atoms with Gasteiger partial charge in [0.1, 0.15) is 0 Å². The zero-order chi connectivity index (χ0) is 26.6. The van der Waals surface area contributed by atoms with Gasteiger partial charge in [-0.15, -0.1) is 10.2 Å². The van der Waals surface area contributed by atoms with Gasteiger partial charge in [-0.1, -0.05) is 48.6 Å². The predicted molar refractivity (Wildman–Crippen MR) is 148 cm³/mol. The van der Waals surface area contributed by atoms with Crippen molar-refractivity contribution in [1.82, 2.24) is 10.2 Å². The van der Waals surface area contributed by atoms with Crippen LogP contribution in [0.3, 0.4) is 0 Å². The molecule has 0 fully saturated rings. The highest BCUT2D eigenvalue weighted by Crippen LogP contribution is 2.38. The number of thioether (sulfide) groups is 1. The van der Waals surface area contributed by atoms with Gasteiger partial charge in [0.25, 0.3) is 0 Å². The Labute approximate surface area is 224 Å². The summed E-state index contributed by atoms with van der Waals surface area (Å²) in [6, 6.07) is 11.4. The molecule has 0 aliphatic rings. The number of unbranched alkanes of at least 4 members (excludes halogenated alkanes) is 1. The van der Waals surface area contributed by atoms with Crippen LogP contribution in [0.5, 0.6) is 17.2 Å². The number of anilines is 2. The van der Waals surface area contributed by atoms with E-state index in [4.69, 9.17) is 14.2 Å². The molecule has 2 N–H and O–H groups in total. The minimum atomic E-state index is -0.374. The monoisotopic (exact) mass is 542 g/mol. The molecule has 3 rings (SSSR count). The number of rotatable bonds is 13. The maximum Gasteiger partial charge on any atom is 0.250 e. The lowest BCUT2D eigenvalue weighted by Gasteiger charge is -2.12. The Morgan fingerprint density at radius 1 is 1.00 bits per heavy atom. The molecule has 0 radical (unpaired) electrons. The molecule has 0 bridgehead atoms. The fourth-order valence-corrected chi connectivity index (χ4v) is 4.85. The molecule has 2 amide bonds.